The first-order valence-corrected chi connectivity index (χ1v) is 35.9. The van der Waals surface area contributed by atoms with Crippen LogP contribution in [0.1, 0.15) is 232 Å². The highest BCUT2D eigenvalue weighted by atomic mass is 19.4. The molecule has 0 spiro atoms. The van der Waals surface area contributed by atoms with Crippen molar-refractivity contribution in [2.45, 2.75) is 269 Å². The highest BCUT2D eigenvalue weighted by molar-refractivity contribution is 5.99. The second-order valence-electron chi connectivity index (χ2n) is 24.4. The number of rotatable bonds is 56. The summed E-state index contributed by atoms with van der Waals surface area (Å²) < 4.78 is 95.2. The Labute approximate surface area is 615 Å². The number of guanidine groups is 3. The van der Waals surface area contributed by atoms with Crippen molar-refractivity contribution in [1.82, 2.24) is 31.5 Å². The normalized spacial score (nSPS) is 12.1. The summed E-state index contributed by atoms with van der Waals surface area (Å²) in [4.78, 5) is 133. The Hall–Kier alpha value is -8.90. The van der Waals surface area contributed by atoms with E-state index in [0.717, 1.165) is 102 Å². The van der Waals surface area contributed by atoms with Crippen molar-refractivity contribution in [1.29, 1.82) is 0 Å². The smallest absolute Gasteiger partial charge is 0.475 e. The Kier molecular flexibility index (Phi) is 64.0. The van der Waals surface area contributed by atoms with Crippen molar-refractivity contribution < 1.29 is 103 Å². The number of carbonyl (C=O) groups is 10. The lowest BCUT2D eigenvalue weighted by Crippen LogP contribution is -2.56. The van der Waals surface area contributed by atoms with Gasteiger partial charge in [-0.15, -0.1) is 0 Å². The molecule has 0 heterocycles. The molecular formula is C68H119F9N16O13. The van der Waals surface area contributed by atoms with E-state index in [1.54, 1.807) is 0 Å². The molecule has 0 aromatic rings. The number of carboxylic acid groups (broad SMARTS) is 3. The number of allylic oxidation sites excluding steroid dienone is 4. The van der Waals surface area contributed by atoms with Gasteiger partial charge in [-0.1, -0.05) is 141 Å². The molecule has 0 bridgehead atoms. The number of hydrogen-bond acceptors (Lipinski definition) is 13. The summed E-state index contributed by atoms with van der Waals surface area (Å²) >= 11 is 0. The molecule has 7 amide bonds. The van der Waals surface area contributed by atoms with Crippen LogP contribution in [-0.2, 0) is 47.9 Å². The average Bonchev–Trinajstić information content (AvgIpc) is 0.872. The van der Waals surface area contributed by atoms with E-state index >= 15 is 0 Å². The van der Waals surface area contributed by atoms with Crippen molar-refractivity contribution in [3.8, 4) is 0 Å². The van der Waals surface area contributed by atoms with Gasteiger partial charge in [-0.05, 0) is 103 Å². The zero-order chi connectivity index (χ0) is 81.2. The highest BCUT2D eigenvalue weighted by Gasteiger charge is 2.40. The van der Waals surface area contributed by atoms with E-state index in [9.17, 15) is 73.1 Å². The molecule has 0 radical (unpaired) electrons. The van der Waals surface area contributed by atoms with Crippen LogP contribution in [0, 0.1) is 0 Å². The number of primary amides is 1. The molecule has 3 atom stereocenters. The summed E-state index contributed by atoms with van der Waals surface area (Å²) in [5.41, 5.74) is 38.4. The van der Waals surface area contributed by atoms with Gasteiger partial charge in [-0.2, -0.15) is 39.5 Å². The monoisotopic (exact) mass is 1540 g/mol. The SMILES string of the molecule is CCCCCCCC/C=C\CCCCCCCC(=O)NCCN(CCNC(=O)CCCCCCC/C=C\CCCCCCCC)C(=O)/C=C\C(=O)N[C@@H](CCCN=C(N)N)C(=O)N[C@@H](CCCN=C(N)N)C(=O)N[C@@H](CCCN=C(N)N)C(N)=O.O=C(O)C(F)(F)F.O=C(O)C(F)(F)F.O=C(O)C(F)(F)F. The fourth-order valence-electron chi connectivity index (χ4n) is 9.23. The van der Waals surface area contributed by atoms with Crippen LogP contribution >= 0.6 is 0 Å². The third-order valence-electron chi connectivity index (χ3n) is 14.9. The number of aliphatic carboxylic acids is 3. The average molecular weight is 1540 g/mol. The molecule has 22 N–H and O–H groups in total. The van der Waals surface area contributed by atoms with Gasteiger partial charge in [-0.25, -0.2) is 14.4 Å². The van der Waals surface area contributed by atoms with Crippen LogP contribution in [0.4, 0.5) is 39.5 Å². The molecule has 106 heavy (non-hydrogen) atoms. The van der Waals surface area contributed by atoms with Gasteiger partial charge in [0, 0.05) is 70.8 Å². The van der Waals surface area contributed by atoms with Crippen LogP contribution in [0.2, 0.25) is 0 Å². The maximum atomic E-state index is 14.0. The molecule has 0 saturated heterocycles. The number of nitrogens with two attached hydrogens (primary N) is 7. The number of nitrogens with one attached hydrogen (secondary N) is 5. The molecule has 0 rings (SSSR count). The van der Waals surface area contributed by atoms with Crippen molar-refractivity contribution in [2.24, 2.45) is 55.1 Å². The van der Waals surface area contributed by atoms with Crippen molar-refractivity contribution in [3.05, 3.63) is 36.5 Å². The number of aliphatic imine (C=N–C) groups is 3. The van der Waals surface area contributed by atoms with E-state index < -0.39 is 84.1 Å². The quantitative estimate of drug-likeness (QED) is 0.00693. The van der Waals surface area contributed by atoms with E-state index in [0.29, 0.717) is 19.3 Å². The van der Waals surface area contributed by atoms with Crippen molar-refractivity contribution in [3.63, 3.8) is 0 Å². The maximum absolute atomic E-state index is 14.0. The summed E-state index contributed by atoms with van der Waals surface area (Å²) in [6.45, 7) is 5.36. The largest absolute Gasteiger partial charge is 0.490 e. The van der Waals surface area contributed by atoms with Gasteiger partial charge in [0.05, 0.1) is 0 Å². The van der Waals surface area contributed by atoms with E-state index in [2.05, 4.69) is 79.7 Å². The zero-order valence-electron chi connectivity index (χ0n) is 61.3. The summed E-state index contributed by atoms with van der Waals surface area (Å²) in [7, 11) is 0. The number of carbonyl (C=O) groups excluding carboxylic acids is 7. The number of hydrogen-bond donors (Lipinski definition) is 15. The van der Waals surface area contributed by atoms with Crippen LogP contribution in [0.3, 0.4) is 0 Å². The lowest BCUT2D eigenvalue weighted by atomic mass is 10.1. The van der Waals surface area contributed by atoms with E-state index in [4.69, 9.17) is 69.8 Å². The number of alkyl halides is 9. The van der Waals surface area contributed by atoms with Crippen LogP contribution in [0.15, 0.2) is 51.4 Å². The lowest BCUT2D eigenvalue weighted by Gasteiger charge is -2.24. The lowest BCUT2D eigenvalue weighted by molar-refractivity contribution is -0.193. The fourth-order valence-corrected chi connectivity index (χ4v) is 9.23. The summed E-state index contributed by atoms with van der Waals surface area (Å²) in [5, 5.41) is 35.1. The highest BCUT2D eigenvalue weighted by Crippen LogP contribution is 2.17. The predicted molar refractivity (Wildman–Crippen MR) is 386 cm³/mol. The Morgan fingerprint density at radius 2 is 0.660 bits per heavy atom. The molecule has 612 valence electrons. The molecule has 0 aliphatic heterocycles. The molecule has 0 aliphatic carbocycles. The number of carboxylic acids is 3. The van der Waals surface area contributed by atoms with E-state index in [1.165, 1.54) is 81.9 Å². The number of halogens is 9. The predicted octanol–water partition coefficient (Wildman–Crippen LogP) is 7.68. The molecule has 0 fully saturated rings. The van der Waals surface area contributed by atoms with Gasteiger partial charge in [0.2, 0.25) is 41.4 Å². The Balaban J connectivity index is -0.00000213. The Morgan fingerprint density at radius 1 is 0.387 bits per heavy atom. The molecule has 0 unspecified atom stereocenters. The summed E-state index contributed by atoms with van der Waals surface area (Å²) in [6.07, 6.45) is 27.7. The molecule has 0 aromatic carbocycles. The minimum Gasteiger partial charge on any atom is -0.475 e. The van der Waals surface area contributed by atoms with Crippen molar-refractivity contribution >= 4 is 77.1 Å². The van der Waals surface area contributed by atoms with Crippen LogP contribution in [-0.4, -0.2) is 180 Å². The van der Waals surface area contributed by atoms with E-state index in [-0.39, 0.29) is 108 Å². The second-order valence-corrected chi connectivity index (χ2v) is 24.4. The number of nitrogens with zero attached hydrogens (tertiary/aromatic N) is 4. The first kappa shape index (κ1) is 103. The molecule has 0 aromatic heterocycles. The zero-order valence-corrected chi connectivity index (χ0v) is 61.3. The molecule has 38 heteroatoms. The molecule has 0 aliphatic rings. The summed E-state index contributed by atoms with van der Waals surface area (Å²) in [5.74, 6) is -12.7. The second kappa shape index (κ2) is 65.6. The maximum Gasteiger partial charge on any atom is 0.490 e. The van der Waals surface area contributed by atoms with Gasteiger partial charge >= 0.3 is 36.4 Å². The first-order chi connectivity index (χ1) is 49.8. The first-order valence-electron chi connectivity index (χ1n) is 35.9. The van der Waals surface area contributed by atoms with E-state index in [1.807, 2.05) is 0 Å². The summed E-state index contributed by atoms with van der Waals surface area (Å²) in [6, 6.07) is -3.63. The third kappa shape index (κ3) is 70.7. The minimum atomic E-state index is -5.08. The molecule has 29 nitrogen and oxygen atoms in total. The topological polar surface area (TPSA) is 514 Å². The van der Waals surface area contributed by atoms with Gasteiger partial charge in [-0.3, -0.25) is 48.5 Å². The van der Waals surface area contributed by atoms with Gasteiger partial charge in [0.1, 0.15) is 18.1 Å². The molecule has 0 saturated carbocycles. The van der Waals surface area contributed by atoms with Crippen LogP contribution < -0.4 is 66.7 Å². The van der Waals surface area contributed by atoms with Gasteiger partial charge in [0.15, 0.2) is 17.9 Å². The van der Waals surface area contributed by atoms with Crippen molar-refractivity contribution in [2.75, 3.05) is 45.8 Å². The number of amides is 7. The third-order valence-corrected chi connectivity index (χ3v) is 14.9. The van der Waals surface area contributed by atoms with Crippen LogP contribution in [0.5, 0.6) is 0 Å². The van der Waals surface area contributed by atoms with Gasteiger partial charge in [0.25, 0.3) is 0 Å². The fraction of sp³-hybridized carbons (Fsp3) is 0.721. The Bertz CT molecular complexity index is 2540. The number of unbranched alkanes of at least 4 members (excludes halogenated alkanes) is 22. The Morgan fingerprint density at radius 3 is 0.953 bits per heavy atom. The van der Waals surface area contributed by atoms with Gasteiger partial charge < -0.3 is 86.9 Å². The molecular weight excluding hydrogens is 1420 g/mol. The van der Waals surface area contributed by atoms with Crippen LogP contribution in [0.25, 0.3) is 0 Å². The standard InChI is InChI=1S/C62H116N16O7.3C2HF3O2/c1-3-5-7-9-11-13-15-17-19-21-23-25-27-29-31-39-53(79)70-46-48-78(49-47-71-54(80)40-32-30-28-26-24-22-20-18-16-14-12-10-8-6-4-2)56(82)42-41-55(81)75-51(37-34-44-73-61(66)67)58(84)77-52(38-35-45-74-62(68)69)59(85)76-50(57(63)83)36-33-43-72-60(64)65;3*3-2(4,5)1(6)7/h17-20,41-42,50-52H,3-16,21-40,43-49H2,1-2H3,(H2,63,83)(H,70,79)(H,71,80)(H,75,81)(H,76,85)(H,77,84)(H4,64,65,72)(H4,66,67,73)(H4,68,69,74);3*(H,6,7)/b19-17-,20-18-,42-41-;;;/t50-,51-,52-;;;/m0.../s1. The minimum absolute atomic E-state index is 0.00665.